The maximum atomic E-state index is 11.5. The SMILES string of the molecule is COC1CC(C=C2SCCCS2)C(=O)O1. The van der Waals surface area contributed by atoms with Crippen LogP contribution in [0.25, 0.3) is 0 Å². The van der Waals surface area contributed by atoms with Gasteiger partial charge in [-0.05, 0) is 17.9 Å². The first-order valence-electron chi connectivity index (χ1n) is 5.00. The van der Waals surface area contributed by atoms with Crippen molar-refractivity contribution in [2.75, 3.05) is 18.6 Å². The van der Waals surface area contributed by atoms with Crippen molar-refractivity contribution in [3.63, 3.8) is 0 Å². The average Bonchev–Trinajstić information content (AvgIpc) is 2.61. The van der Waals surface area contributed by atoms with Crippen LogP contribution in [0, 0.1) is 5.92 Å². The third-order valence-electron chi connectivity index (χ3n) is 2.37. The molecule has 0 N–H and O–H groups in total. The number of hydrogen-bond donors (Lipinski definition) is 0. The molecule has 2 fully saturated rings. The molecule has 2 rings (SSSR count). The van der Waals surface area contributed by atoms with Crippen LogP contribution in [-0.4, -0.2) is 30.9 Å². The molecule has 2 aliphatic rings. The van der Waals surface area contributed by atoms with E-state index in [-0.39, 0.29) is 18.2 Å². The predicted molar refractivity (Wildman–Crippen MR) is 62.6 cm³/mol. The Hall–Kier alpha value is -0.130. The van der Waals surface area contributed by atoms with Gasteiger partial charge in [0, 0.05) is 17.8 Å². The van der Waals surface area contributed by atoms with Crippen LogP contribution in [0.4, 0.5) is 0 Å². The average molecular weight is 246 g/mol. The van der Waals surface area contributed by atoms with Gasteiger partial charge in [0.05, 0.1) is 5.92 Å². The second-order valence-electron chi connectivity index (χ2n) is 3.48. The Bertz CT molecular complexity index is 270. The molecule has 0 saturated carbocycles. The van der Waals surface area contributed by atoms with Crippen molar-refractivity contribution in [3.8, 4) is 0 Å². The lowest BCUT2D eigenvalue weighted by Crippen LogP contribution is -2.08. The molecule has 2 unspecified atom stereocenters. The Morgan fingerprint density at radius 2 is 2.20 bits per heavy atom. The van der Waals surface area contributed by atoms with Gasteiger partial charge in [-0.1, -0.05) is 6.08 Å². The van der Waals surface area contributed by atoms with Crippen LogP contribution >= 0.6 is 23.5 Å². The molecule has 5 heteroatoms. The summed E-state index contributed by atoms with van der Waals surface area (Å²) >= 11 is 3.67. The van der Waals surface area contributed by atoms with Gasteiger partial charge in [-0.2, -0.15) is 0 Å². The fourth-order valence-electron chi connectivity index (χ4n) is 1.56. The highest BCUT2D eigenvalue weighted by molar-refractivity contribution is 8.22. The topological polar surface area (TPSA) is 35.5 Å². The molecular weight excluding hydrogens is 232 g/mol. The second kappa shape index (κ2) is 5.27. The summed E-state index contributed by atoms with van der Waals surface area (Å²) in [6.45, 7) is 0. The molecule has 0 spiro atoms. The Morgan fingerprint density at radius 1 is 1.47 bits per heavy atom. The minimum Gasteiger partial charge on any atom is -0.435 e. The third kappa shape index (κ3) is 2.92. The highest BCUT2D eigenvalue weighted by Crippen LogP contribution is 2.37. The standard InChI is InChI=1S/C10H14O3S2/c1-12-8-5-7(10(11)13-8)6-9-14-3-2-4-15-9/h6-8H,2-5H2,1H3. The van der Waals surface area contributed by atoms with Crippen LogP contribution < -0.4 is 0 Å². The smallest absolute Gasteiger partial charge is 0.315 e. The number of thioether (sulfide) groups is 2. The van der Waals surface area contributed by atoms with E-state index in [0.717, 1.165) is 11.5 Å². The number of hydrogen-bond acceptors (Lipinski definition) is 5. The molecule has 0 aromatic rings. The van der Waals surface area contributed by atoms with Gasteiger partial charge >= 0.3 is 5.97 Å². The molecule has 0 aromatic carbocycles. The van der Waals surface area contributed by atoms with Gasteiger partial charge in [-0.25, -0.2) is 0 Å². The van der Waals surface area contributed by atoms with Gasteiger partial charge in [-0.15, -0.1) is 23.5 Å². The molecule has 2 saturated heterocycles. The predicted octanol–water partition coefficient (Wildman–Crippen LogP) is 2.23. The third-order valence-corrected chi connectivity index (χ3v) is 4.91. The van der Waals surface area contributed by atoms with Crippen LogP contribution in [0.15, 0.2) is 10.3 Å². The number of rotatable bonds is 2. The molecule has 2 heterocycles. The lowest BCUT2D eigenvalue weighted by atomic mass is 10.1. The van der Waals surface area contributed by atoms with E-state index in [9.17, 15) is 4.79 Å². The Kier molecular flexibility index (Phi) is 3.99. The highest BCUT2D eigenvalue weighted by Gasteiger charge is 2.33. The normalized spacial score (nSPS) is 31.5. The molecule has 84 valence electrons. The summed E-state index contributed by atoms with van der Waals surface area (Å²) in [5, 5.41) is 0. The molecule has 3 nitrogen and oxygen atoms in total. The monoisotopic (exact) mass is 246 g/mol. The molecule has 0 radical (unpaired) electrons. The lowest BCUT2D eigenvalue weighted by molar-refractivity contribution is -0.158. The van der Waals surface area contributed by atoms with Crippen LogP contribution in [0.2, 0.25) is 0 Å². The number of esters is 1. The van der Waals surface area contributed by atoms with E-state index in [0.29, 0.717) is 6.42 Å². The van der Waals surface area contributed by atoms with Gasteiger partial charge in [0.25, 0.3) is 0 Å². The van der Waals surface area contributed by atoms with Gasteiger partial charge in [-0.3, -0.25) is 4.79 Å². The van der Waals surface area contributed by atoms with Crippen molar-refractivity contribution in [1.82, 2.24) is 0 Å². The van der Waals surface area contributed by atoms with E-state index in [1.807, 2.05) is 29.6 Å². The molecule has 2 aliphatic heterocycles. The Labute approximate surface area is 98.0 Å². The number of cyclic esters (lactones) is 1. The summed E-state index contributed by atoms with van der Waals surface area (Å²) in [5.74, 6) is 2.06. The van der Waals surface area contributed by atoms with Crippen molar-refractivity contribution in [2.24, 2.45) is 5.92 Å². The van der Waals surface area contributed by atoms with Gasteiger partial charge in [0.1, 0.15) is 0 Å². The molecule has 0 amide bonds. The molecule has 0 bridgehead atoms. The van der Waals surface area contributed by atoms with Crippen molar-refractivity contribution in [3.05, 3.63) is 10.3 Å². The first-order chi connectivity index (χ1) is 7.29. The zero-order valence-electron chi connectivity index (χ0n) is 8.60. The fraction of sp³-hybridized carbons (Fsp3) is 0.700. The zero-order valence-corrected chi connectivity index (χ0v) is 10.2. The van der Waals surface area contributed by atoms with Crippen LogP contribution in [-0.2, 0) is 14.3 Å². The second-order valence-corrected chi connectivity index (χ2v) is 6.01. The van der Waals surface area contributed by atoms with E-state index < -0.39 is 0 Å². The summed E-state index contributed by atoms with van der Waals surface area (Å²) in [6, 6.07) is 0. The highest BCUT2D eigenvalue weighted by atomic mass is 32.2. The molecule has 0 aliphatic carbocycles. The van der Waals surface area contributed by atoms with E-state index in [1.165, 1.54) is 10.7 Å². The van der Waals surface area contributed by atoms with Gasteiger partial charge < -0.3 is 9.47 Å². The fourth-order valence-corrected chi connectivity index (χ4v) is 4.07. The minimum atomic E-state index is -0.349. The zero-order chi connectivity index (χ0) is 10.7. The van der Waals surface area contributed by atoms with Gasteiger partial charge in [0.15, 0.2) is 0 Å². The van der Waals surface area contributed by atoms with Gasteiger partial charge in [0.2, 0.25) is 6.29 Å². The first-order valence-corrected chi connectivity index (χ1v) is 6.97. The molecule has 2 atom stereocenters. The molecule has 15 heavy (non-hydrogen) atoms. The van der Waals surface area contributed by atoms with Crippen molar-refractivity contribution in [1.29, 1.82) is 0 Å². The van der Waals surface area contributed by atoms with Crippen molar-refractivity contribution < 1.29 is 14.3 Å². The van der Waals surface area contributed by atoms with Crippen LogP contribution in [0.3, 0.4) is 0 Å². The summed E-state index contributed by atoms with van der Waals surface area (Å²) < 4.78 is 11.3. The summed E-state index contributed by atoms with van der Waals surface area (Å²) in [5.41, 5.74) is 0. The number of ether oxygens (including phenoxy) is 2. The quantitative estimate of drug-likeness (QED) is 0.698. The van der Waals surface area contributed by atoms with E-state index in [4.69, 9.17) is 9.47 Å². The maximum absolute atomic E-state index is 11.5. The minimum absolute atomic E-state index is 0.108. The van der Waals surface area contributed by atoms with E-state index in [2.05, 4.69) is 0 Å². The first kappa shape index (κ1) is 11.4. The summed E-state index contributed by atoms with van der Waals surface area (Å²) in [7, 11) is 1.57. The number of carbonyl (C=O) groups is 1. The summed E-state index contributed by atoms with van der Waals surface area (Å²) in [6.07, 6.45) is 3.59. The molecule has 0 aromatic heterocycles. The lowest BCUT2D eigenvalue weighted by Gasteiger charge is -2.13. The molecular formula is C10H14O3S2. The van der Waals surface area contributed by atoms with E-state index >= 15 is 0 Å². The Morgan fingerprint density at radius 3 is 2.80 bits per heavy atom. The van der Waals surface area contributed by atoms with Crippen LogP contribution in [0.5, 0.6) is 0 Å². The Balaban J connectivity index is 1.96. The van der Waals surface area contributed by atoms with Crippen molar-refractivity contribution in [2.45, 2.75) is 19.1 Å². The maximum Gasteiger partial charge on any atom is 0.315 e. The van der Waals surface area contributed by atoms with E-state index in [1.54, 1.807) is 7.11 Å². The largest absolute Gasteiger partial charge is 0.435 e. The van der Waals surface area contributed by atoms with Crippen molar-refractivity contribution >= 4 is 29.5 Å². The number of carbonyl (C=O) groups excluding carboxylic acids is 1. The van der Waals surface area contributed by atoms with Crippen LogP contribution in [0.1, 0.15) is 12.8 Å². The number of methoxy groups -OCH3 is 1. The summed E-state index contributed by atoms with van der Waals surface area (Å²) in [4.78, 5) is 11.5.